The lowest BCUT2D eigenvalue weighted by Gasteiger charge is -2.33. The van der Waals surface area contributed by atoms with E-state index in [1.807, 2.05) is 18.2 Å². The highest BCUT2D eigenvalue weighted by atomic mass is 16.5. The number of hydrogen-bond acceptors (Lipinski definition) is 5. The van der Waals surface area contributed by atoms with Gasteiger partial charge in [0.15, 0.2) is 0 Å². The van der Waals surface area contributed by atoms with Crippen LogP contribution in [0.5, 0.6) is 0 Å². The summed E-state index contributed by atoms with van der Waals surface area (Å²) in [5, 5.41) is 11.9. The number of carbonyl (C=O) groups excluding carboxylic acids is 1. The summed E-state index contributed by atoms with van der Waals surface area (Å²) >= 11 is 0. The highest BCUT2D eigenvalue weighted by Crippen LogP contribution is 2.06. The fourth-order valence-electron chi connectivity index (χ4n) is 2.77. The second-order valence-electron chi connectivity index (χ2n) is 5.87. The van der Waals surface area contributed by atoms with Crippen molar-refractivity contribution >= 4 is 5.91 Å². The van der Waals surface area contributed by atoms with Gasteiger partial charge in [-0.1, -0.05) is 24.3 Å². The van der Waals surface area contributed by atoms with Gasteiger partial charge in [-0.3, -0.25) is 14.6 Å². The molecule has 1 amide bonds. The Morgan fingerprint density at radius 2 is 1.91 bits per heavy atom. The van der Waals surface area contributed by atoms with Crippen molar-refractivity contribution in [3.05, 3.63) is 35.4 Å². The number of nitrogens with one attached hydrogen (secondary N) is 1. The first-order valence-corrected chi connectivity index (χ1v) is 8.10. The normalized spacial score (nSPS) is 16.4. The first-order valence-electron chi connectivity index (χ1n) is 8.10. The molecule has 1 aromatic carbocycles. The molecule has 0 spiro atoms. The average Bonchev–Trinajstić information content (AvgIpc) is 2.56. The molecular formula is C17H27N3O3. The molecule has 0 saturated carbocycles. The third kappa shape index (κ3) is 6.27. The number of ether oxygens (including phenoxy) is 1. The van der Waals surface area contributed by atoms with Gasteiger partial charge < -0.3 is 15.2 Å². The first kappa shape index (κ1) is 17.9. The Kier molecular flexibility index (Phi) is 7.48. The fourth-order valence-corrected chi connectivity index (χ4v) is 2.77. The lowest BCUT2D eigenvalue weighted by Crippen LogP contribution is -2.49. The topological polar surface area (TPSA) is 65.0 Å². The quantitative estimate of drug-likeness (QED) is 0.709. The van der Waals surface area contributed by atoms with Crippen molar-refractivity contribution in [1.29, 1.82) is 0 Å². The summed E-state index contributed by atoms with van der Waals surface area (Å²) in [6.07, 6.45) is 0. The Bertz CT molecular complexity index is 488. The van der Waals surface area contributed by atoms with E-state index in [0.717, 1.165) is 43.9 Å². The molecule has 0 aromatic heterocycles. The van der Waals surface area contributed by atoms with E-state index in [4.69, 9.17) is 9.84 Å². The molecule has 6 nitrogen and oxygen atoms in total. The zero-order valence-electron chi connectivity index (χ0n) is 13.8. The molecule has 23 heavy (non-hydrogen) atoms. The van der Waals surface area contributed by atoms with E-state index in [2.05, 4.69) is 21.2 Å². The Balaban J connectivity index is 1.70. The predicted molar refractivity (Wildman–Crippen MR) is 89.0 cm³/mol. The standard InChI is InChI=1S/C17H27N3O3/c1-23-14-16-4-2-3-15(11-16)12-18-17(22)13-20-7-5-19(6-8-20)9-10-21/h2-4,11,21H,5-10,12-14H2,1H3,(H,18,22). The van der Waals surface area contributed by atoms with Crippen molar-refractivity contribution in [1.82, 2.24) is 15.1 Å². The van der Waals surface area contributed by atoms with E-state index in [9.17, 15) is 4.79 Å². The molecule has 6 heteroatoms. The second-order valence-corrected chi connectivity index (χ2v) is 5.87. The Hall–Kier alpha value is -1.47. The van der Waals surface area contributed by atoms with E-state index in [1.54, 1.807) is 7.11 Å². The molecule has 2 N–H and O–H groups in total. The maximum atomic E-state index is 12.1. The second kappa shape index (κ2) is 9.62. The summed E-state index contributed by atoms with van der Waals surface area (Å²) in [4.78, 5) is 16.4. The summed E-state index contributed by atoms with van der Waals surface area (Å²) in [7, 11) is 1.68. The summed E-state index contributed by atoms with van der Waals surface area (Å²) in [5.41, 5.74) is 2.19. The van der Waals surface area contributed by atoms with Crippen LogP contribution in [0.3, 0.4) is 0 Å². The Morgan fingerprint density at radius 1 is 1.22 bits per heavy atom. The largest absolute Gasteiger partial charge is 0.395 e. The molecule has 0 atom stereocenters. The van der Waals surface area contributed by atoms with Gasteiger partial charge in [0.1, 0.15) is 0 Å². The van der Waals surface area contributed by atoms with Crippen LogP contribution in [0.4, 0.5) is 0 Å². The minimum atomic E-state index is 0.0535. The predicted octanol–water partition coefficient (Wildman–Crippen LogP) is 0.0591. The van der Waals surface area contributed by atoms with Gasteiger partial charge in [-0.2, -0.15) is 0 Å². The number of aliphatic hydroxyl groups is 1. The van der Waals surface area contributed by atoms with Crippen molar-refractivity contribution in [2.45, 2.75) is 13.2 Å². The van der Waals surface area contributed by atoms with Crippen molar-refractivity contribution in [2.75, 3.05) is 53.0 Å². The molecule has 1 aromatic rings. The van der Waals surface area contributed by atoms with Crippen LogP contribution < -0.4 is 5.32 Å². The highest BCUT2D eigenvalue weighted by molar-refractivity contribution is 5.78. The maximum Gasteiger partial charge on any atom is 0.234 e. The van der Waals surface area contributed by atoms with E-state index >= 15 is 0 Å². The molecule has 1 fully saturated rings. The lowest BCUT2D eigenvalue weighted by molar-refractivity contribution is -0.122. The third-order valence-corrected chi connectivity index (χ3v) is 4.04. The van der Waals surface area contributed by atoms with E-state index in [1.165, 1.54) is 0 Å². The molecule has 0 aliphatic carbocycles. The van der Waals surface area contributed by atoms with Crippen LogP contribution in [0.25, 0.3) is 0 Å². The number of aliphatic hydroxyl groups excluding tert-OH is 1. The lowest BCUT2D eigenvalue weighted by atomic mass is 10.1. The molecule has 1 aliphatic heterocycles. The molecule has 1 saturated heterocycles. The molecule has 1 aliphatic rings. The average molecular weight is 321 g/mol. The van der Waals surface area contributed by atoms with Gasteiger partial charge in [0, 0.05) is 46.4 Å². The maximum absolute atomic E-state index is 12.1. The summed E-state index contributed by atoms with van der Waals surface area (Å²) in [5.74, 6) is 0.0535. The number of β-amino-alcohol motifs (C(OH)–C–C–N with tert-alkyl or cyclic N) is 1. The number of carbonyl (C=O) groups is 1. The first-order chi connectivity index (χ1) is 11.2. The number of piperazine rings is 1. The van der Waals surface area contributed by atoms with Crippen LogP contribution in [0.2, 0.25) is 0 Å². The minimum absolute atomic E-state index is 0.0535. The van der Waals surface area contributed by atoms with Gasteiger partial charge in [0.05, 0.1) is 19.8 Å². The van der Waals surface area contributed by atoms with Gasteiger partial charge in [0.25, 0.3) is 0 Å². The zero-order valence-corrected chi connectivity index (χ0v) is 13.8. The van der Waals surface area contributed by atoms with Crippen LogP contribution in [0, 0.1) is 0 Å². The molecule has 0 bridgehead atoms. The van der Waals surface area contributed by atoms with Crippen molar-refractivity contribution in [3.8, 4) is 0 Å². The molecule has 0 unspecified atom stereocenters. The molecular weight excluding hydrogens is 294 g/mol. The van der Waals surface area contributed by atoms with Crippen molar-refractivity contribution in [2.24, 2.45) is 0 Å². The Labute approximate surface area is 138 Å². The fraction of sp³-hybridized carbons (Fsp3) is 0.588. The summed E-state index contributed by atoms with van der Waals surface area (Å²) in [6, 6.07) is 8.06. The SMILES string of the molecule is COCc1cccc(CNC(=O)CN2CCN(CCO)CC2)c1. The van der Waals surface area contributed by atoms with Gasteiger partial charge in [-0.15, -0.1) is 0 Å². The monoisotopic (exact) mass is 321 g/mol. The number of methoxy groups -OCH3 is 1. The van der Waals surface area contributed by atoms with E-state index < -0.39 is 0 Å². The van der Waals surface area contributed by atoms with E-state index in [0.29, 0.717) is 19.7 Å². The minimum Gasteiger partial charge on any atom is -0.395 e. The third-order valence-electron chi connectivity index (χ3n) is 4.04. The van der Waals surface area contributed by atoms with Gasteiger partial charge in [-0.05, 0) is 11.1 Å². The van der Waals surface area contributed by atoms with Gasteiger partial charge in [-0.25, -0.2) is 0 Å². The number of amides is 1. The van der Waals surface area contributed by atoms with Crippen LogP contribution >= 0.6 is 0 Å². The number of nitrogens with zero attached hydrogens (tertiary/aromatic N) is 2. The highest BCUT2D eigenvalue weighted by Gasteiger charge is 2.18. The van der Waals surface area contributed by atoms with Crippen molar-refractivity contribution in [3.63, 3.8) is 0 Å². The smallest absolute Gasteiger partial charge is 0.234 e. The molecule has 2 rings (SSSR count). The summed E-state index contributed by atoms with van der Waals surface area (Å²) in [6.45, 7) is 6.04. The van der Waals surface area contributed by atoms with E-state index in [-0.39, 0.29) is 12.5 Å². The van der Waals surface area contributed by atoms with Gasteiger partial charge in [0.2, 0.25) is 5.91 Å². The van der Waals surface area contributed by atoms with Crippen molar-refractivity contribution < 1.29 is 14.6 Å². The number of hydrogen-bond donors (Lipinski definition) is 2. The van der Waals surface area contributed by atoms with Crippen LogP contribution in [0.15, 0.2) is 24.3 Å². The number of rotatable bonds is 8. The molecule has 0 radical (unpaired) electrons. The zero-order chi connectivity index (χ0) is 16.5. The molecule has 128 valence electrons. The summed E-state index contributed by atoms with van der Waals surface area (Å²) < 4.78 is 5.12. The molecule has 1 heterocycles. The van der Waals surface area contributed by atoms with Crippen LogP contribution in [-0.4, -0.2) is 73.8 Å². The number of benzene rings is 1. The van der Waals surface area contributed by atoms with Gasteiger partial charge >= 0.3 is 0 Å². The van der Waals surface area contributed by atoms with Crippen LogP contribution in [-0.2, 0) is 22.7 Å². The Morgan fingerprint density at radius 3 is 2.61 bits per heavy atom. The van der Waals surface area contributed by atoms with Crippen LogP contribution in [0.1, 0.15) is 11.1 Å².